The highest BCUT2D eigenvalue weighted by Gasteiger charge is 2.22. The fourth-order valence-electron chi connectivity index (χ4n) is 2.43. The minimum Gasteiger partial charge on any atom is -0.493 e. The summed E-state index contributed by atoms with van der Waals surface area (Å²) < 4.78 is 20.9. The molecule has 7 nitrogen and oxygen atoms in total. The predicted octanol–water partition coefficient (Wildman–Crippen LogP) is 3.20. The highest BCUT2D eigenvalue weighted by atomic mass is 16.5. The molecule has 0 fully saturated rings. The van der Waals surface area contributed by atoms with E-state index in [1.807, 2.05) is 25.1 Å². The lowest BCUT2D eigenvalue weighted by Crippen LogP contribution is -2.31. The Kier molecular flexibility index (Phi) is 6.65. The first-order chi connectivity index (χ1) is 12.9. The first-order valence-electron chi connectivity index (χ1n) is 8.28. The molecular weight excluding hydrogens is 350 g/mol. The van der Waals surface area contributed by atoms with Crippen molar-refractivity contribution in [3.05, 3.63) is 47.5 Å². The number of ether oxygens (including phenoxy) is 4. The van der Waals surface area contributed by atoms with Crippen LogP contribution in [0, 0.1) is 6.92 Å². The third-order valence-electron chi connectivity index (χ3n) is 3.95. The SMILES string of the molecule is COC(=O)c1cc(OC)c(OC)cc1NC(=O)[C@@H](C)Oc1ccccc1C. The molecule has 7 heteroatoms. The molecule has 0 unspecified atom stereocenters. The number of hydrogen-bond donors (Lipinski definition) is 1. The third kappa shape index (κ3) is 4.69. The summed E-state index contributed by atoms with van der Waals surface area (Å²) in [6, 6.07) is 10.4. The smallest absolute Gasteiger partial charge is 0.340 e. The van der Waals surface area contributed by atoms with Gasteiger partial charge in [-0.15, -0.1) is 0 Å². The number of para-hydroxylation sites is 1. The van der Waals surface area contributed by atoms with E-state index in [0.29, 0.717) is 17.2 Å². The summed E-state index contributed by atoms with van der Waals surface area (Å²) in [4.78, 5) is 24.7. The number of anilines is 1. The third-order valence-corrected chi connectivity index (χ3v) is 3.95. The topological polar surface area (TPSA) is 83.1 Å². The van der Waals surface area contributed by atoms with Gasteiger partial charge in [0.25, 0.3) is 5.91 Å². The van der Waals surface area contributed by atoms with Crippen LogP contribution >= 0.6 is 0 Å². The van der Waals surface area contributed by atoms with Crippen LogP contribution < -0.4 is 19.5 Å². The van der Waals surface area contributed by atoms with E-state index in [1.54, 1.807) is 13.0 Å². The molecular formula is C20H23NO6. The average Bonchev–Trinajstić information content (AvgIpc) is 2.68. The Hall–Kier alpha value is -3.22. The summed E-state index contributed by atoms with van der Waals surface area (Å²) in [5.41, 5.74) is 1.30. The number of esters is 1. The number of hydrogen-bond acceptors (Lipinski definition) is 6. The van der Waals surface area contributed by atoms with Crippen LogP contribution in [0.4, 0.5) is 5.69 Å². The van der Waals surface area contributed by atoms with E-state index < -0.39 is 18.0 Å². The zero-order valence-electron chi connectivity index (χ0n) is 16.0. The lowest BCUT2D eigenvalue weighted by atomic mass is 10.1. The van der Waals surface area contributed by atoms with Gasteiger partial charge in [-0.1, -0.05) is 18.2 Å². The van der Waals surface area contributed by atoms with Gasteiger partial charge in [0, 0.05) is 12.1 Å². The fourth-order valence-corrected chi connectivity index (χ4v) is 2.43. The number of nitrogens with one attached hydrogen (secondary N) is 1. The van der Waals surface area contributed by atoms with E-state index in [-0.39, 0.29) is 11.3 Å². The molecule has 2 aromatic rings. The van der Waals surface area contributed by atoms with E-state index >= 15 is 0 Å². The molecule has 2 rings (SSSR count). The molecule has 1 N–H and O–H groups in total. The number of carbonyl (C=O) groups is 2. The second kappa shape index (κ2) is 8.93. The van der Waals surface area contributed by atoms with Crippen LogP contribution in [-0.4, -0.2) is 39.3 Å². The van der Waals surface area contributed by atoms with Crippen molar-refractivity contribution in [2.24, 2.45) is 0 Å². The van der Waals surface area contributed by atoms with Gasteiger partial charge >= 0.3 is 5.97 Å². The van der Waals surface area contributed by atoms with Gasteiger partial charge in [0.15, 0.2) is 17.6 Å². The molecule has 0 radical (unpaired) electrons. The highest BCUT2D eigenvalue weighted by molar-refractivity contribution is 6.03. The van der Waals surface area contributed by atoms with Gasteiger partial charge in [0.05, 0.1) is 32.6 Å². The van der Waals surface area contributed by atoms with Crippen molar-refractivity contribution in [1.29, 1.82) is 0 Å². The number of methoxy groups -OCH3 is 3. The van der Waals surface area contributed by atoms with Crippen molar-refractivity contribution in [3.63, 3.8) is 0 Å². The summed E-state index contributed by atoms with van der Waals surface area (Å²) in [5.74, 6) is 0.294. The molecule has 0 aliphatic carbocycles. The number of amides is 1. The molecule has 0 saturated carbocycles. The van der Waals surface area contributed by atoms with Crippen molar-refractivity contribution in [1.82, 2.24) is 0 Å². The standard InChI is InChI=1S/C20H23NO6/c1-12-8-6-7-9-16(12)27-13(2)19(22)21-15-11-18(25-4)17(24-3)10-14(15)20(23)26-5/h6-11,13H,1-5H3,(H,21,22)/t13-/m1/s1. The lowest BCUT2D eigenvalue weighted by molar-refractivity contribution is -0.122. The van der Waals surface area contributed by atoms with Crippen LogP contribution in [0.1, 0.15) is 22.8 Å². The van der Waals surface area contributed by atoms with Crippen LogP contribution in [0.15, 0.2) is 36.4 Å². The molecule has 0 aliphatic heterocycles. The molecule has 1 amide bonds. The Balaban J connectivity index is 2.27. The highest BCUT2D eigenvalue weighted by Crippen LogP contribution is 2.34. The van der Waals surface area contributed by atoms with Crippen molar-refractivity contribution in [3.8, 4) is 17.2 Å². The Morgan fingerprint density at radius 1 is 0.963 bits per heavy atom. The normalized spacial score (nSPS) is 11.3. The Bertz CT molecular complexity index is 833. The molecule has 144 valence electrons. The van der Waals surface area contributed by atoms with E-state index in [1.165, 1.54) is 33.5 Å². The summed E-state index contributed by atoms with van der Waals surface area (Å²) >= 11 is 0. The largest absolute Gasteiger partial charge is 0.493 e. The van der Waals surface area contributed by atoms with E-state index in [9.17, 15) is 9.59 Å². The van der Waals surface area contributed by atoms with Crippen LogP contribution in [0.2, 0.25) is 0 Å². The molecule has 0 spiro atoms. The predicted molar refractivity (Wildman–Crippen MR) is 101 cm³/mol. The number of benzene rings is 2. The van der Waals surface area contributed by atoms with Gasteiger partial charge in [-0.3, -0.25) is 4.79 Å². The average molecular weight is 373 g/mol. The molecule has 0 heterocycles. The fraction of sp³-hybridized carbons (Fsp3) is 0.300. The van der Waals surface area contributed by atoms with Crippen LogP contribution in [0.25, 0.3) is 0 Å². The van der Waals surface area contributed by atoms with Gasteiger partial charge in [0.2, 0.25) is 0 Å². The van der Waals surface area contributed by atoms with Crippen molar-refractivity contribution in [2.45, 2.75) is 20.0 Å². The Morgan fingerprint density at radius 2 is 1.59 bits per heavy atom. The minimum atomic E-state index is -0.787. The number of carbonyl (C=O) groups excluding carboxylic acids is 2. The Morgan fingerprint density at radius 3 is 2.19 bits per heavy atom. The van der Waals surface area contributed by atoms with Gasteiger partial charge in [-0.25, -0.2) is 4.79 Å². The van der Waals surface area contributed by atoms with Crippen LogP contribution in [-0.2, 0) is 9.53 Å². The first-order valence-corrected chi connectivity index (χ1v) is 8.28. The molecule has 0 bridgehead atoms. The molecule has 0 aromatic heterocycles. The number of aryl methyl sites for hydroxylation is 1. The van der Waals surface area contributed by atoms with Crippen molar-refractivity contribution >= 4 is 17.6 Å². The van der Waals surface area contributed by atoms with Crippen molar-refractivity contribution < 1.29 is 28.5 Å². The molecule has 2 aromatic carbocycles. The molecule has 0 aliphatic rings. The second-order valence-corrected chi connectivity index (χ2v) is 5.76. The quantitative estimate of drug-likeness (QED) is 0.751. The van der Waals surface area contributed by atoms with Crippen molar-refractivity contribution in [2.75, 3.05) is 26.6 Å². The zero-order chi connectivity index (χ0) is 20.0. The monoisotopic (exact) mass is 373 g/mol. The molecule has 1 atom stereocenters. The summed E-state index contributed by atoms with van der Waals surface area (Å²) in [6.45, 7) is 3.52. The molecule has 27 heavy (non-hydrogen) atoms. The maximum atomic E-state index is 12.6. The zero-order valence-corrected chi connectivity index (χ0v) is 16.0. The van der Waals surface area contributed by atoms with Gasteiger partial charge in [-0.2, -0.15) is 0 Å². The van der Waals surface area contributed by atoms with E-state index in [2.05, 4.69) is 5.32 Å². The van der Waals surface area contributed by atoms with Gasteiger partial charge in [-0.05, 0) is 25.5 Å². The Labute approximate surface area is 158 Å². The van der Waals surface area contributed by atoms with Crippen LogP contribution in [0.3, 0.4) is 0 Å². The van der Waals surface area contributed by atoms with Gasteiger partial charge < -0.3 is 24.3 Å². The first kappa shape index (κ1) is 20.1. The maximum absolute atomic E-state index is 12.6. The summed E-state index contributed by atoms with van der Waals surface area (Å²) in [7, 11) is 4.18. The second-order valence-electron chi connectivity index (χ2n) is 5.76. The maximum Gasteiger partial charge on any atom is 0.340 e. The number of rotatable bonds is 7. The van der Waals surface area contributed by atoms with E-state index in [0.717, 1.165) is 5.56 Å². The lowest BCUT2D eigenvalue weighted by Gasteiger charge is -2.18. The minimum absolute atomic E-state index is 0.145. The summed E-state index contributed by atoms with van der Waals surface area (Å²) in [5, 5.41) is 2.69. The molecule has 0 saturated heterocycles. The van der Waals surface area contributed by atoms with Gasteiger partial charge in [0.1, 0.15) is 5.75 Å². The van der Waals surface area contributed by atoms with Crippen LogP contribution in [0.5, 0.6) is 17.2 Å². The summed E-state index contributed by atoms with van der Waals surface area (Å²) in [6.07, 6.45) is -0.787. The van der Waals surface area contributed by atoms with E-state index in [4.69, 9.17) is 18.9 Å².